The molecule has 1 saturated heterocycles. The second-order valence-corrected chi connectivity index (χ2v) is 11.9. The molecule has 1 aliphatic carbocycles. The SMILES string of the molecule is O=C(O[C@@H](Cc1c(Cl)cncc1Cl)c1ccc(OC(F)F)c(OCC2CC2)c1)c1cccc(CN2CCN(CCO)CC2)c1. The van der Waals surface area contributed by atoms with E-state index in [1.54, 1.807) is 18.2 Å². The van der Waals surface area contributed by atoms with E-state index in [0.29, 0.717) is 52.3 Å². The number of hydrogen-bond acceptors (Lipinski definition) is 8. The van der Waals surface area contributed by atoms with Gasteiger partial charge in [-0.15, -0.1) is 0 Å². The van der Waals surface area contributed by atoms with Gasteiger partial charge in [-0.2, -0.15) is 8.78 Å². The van der Waals surface area contributed by atoms with Gasteiger partial charge >= 0.3 is 12.6 Å². The third-order valence-corrected chi connectivity index (χ3v) is 8.42. The van der Waals surface area contributed by atoms with Gasteiger partial charge in [0, 0.05) is 58.1 Å². The number of ether oxygens (including phenoxy) is 3. The van der Waals surface area contributed by atoms with E-state index in [2.05, 4.69) is 14.8 Å². The predicted octanol–water partition coefficient (Wildman–Crippen LogP) is 6.03. The first kappa shape index (κ1) is 32.4. The fraction of sp³-hybridized carbons (Fsp3) is 0.438. The quantitative estimate of drug-likeness (QED) is 0.212. The van der Waals surface area contributed by atoms with E-state index in [-0.39, 0.29) is 24.5 Å². The monoisotopic (exact) mass is 649 g/mol. The minimum Gasteiger partial charge on any atom is -0.489 e. The number of hydrogen-bond donors (Lipinski definition) is 1. The van der Waals surface area contributed by atoms with Gasteiger partial charge in [0.25, 0.3) is 0 Å². The molecule has 0 spiro atoms. The molecular formula is C32H35Cl2F2N3O5. The lowest BCUT2D eigenvalue weighted by atomic mass is 10.0. The molecule has 236 valence electrons. The fourth-order valence-corrected chi connectivity index (χ4v) is 5.65. The number of aromatic nitrogens is 1. The lowest BCUT2D eigenvalue weighted by molar-refractivity contribution is -0.0515. The van der Waals surface area contributed by atoms with Crippen LogP contribution >= 0.6 is 23.2 Å². The van der Waals surface area contributed by atoms with Gasteiger partial charge in [-0.25, -0.2) is 4.79 Å². The van der Waals surface area contributed by atoms with Crippen molar-refractivity contribution in [2.75, 3.05) is 45.9 Å². The number of aliphatic hydroxyl groups is 1. The molecule has 8 nitrogen and oxygen atoms in total. The first-order valence-corrected chi connectivity index (χ1v) is 15.4. The van der Waals surface area contributed by atoms with E-state index in [0.717, 1.165) is 44.6 Å². The lowest BCUT2D eigenvalue weighted by Crippen LogP contribution is -2.46. The van der Waals surface area contributed by atoms with Crippen molar-refractivity contribution < 1.29 is 32.9 Å². The second kappa shape index (κ2) is 15.3. The molecule has 1 N–H and O–H groups in total. The molecule has 0 amide bonds. The van der Waals surface area contributed by atoms with Gasteiger partial charge in [0.1, 0.15) is 6.10 Å². The highest BCUT2D eigenvalue weighted by Crippen LogP contribution is 2.38. The number of halogens is 4. The minimum absolute atomic E-state index is 0.0978. The molecular weight excluding hydrogens is 615 g/mol. The van der Waals surface area contributed by atoms with E-state index in [1.807, 2.05) is 18.2 Å². The number of piperazine rings is 1. The van der Waals surface area contributed by atoms with E-state index < -0.39 is 18.7 Å². The summed E-state index contributed by atoms with van der Waals surface area (Å²) in [6, 6.07) is 11.8. The van der Waals surface area contributed by atoms with Crippen molar-refractivity contribution in [1.29, 1.82) is 0 Å². The first-order valence-electron chi connectivity index (χ1n) is 14.6. The Bertz CT molecular complexity index is 1400. The first-order chi connectivity index (χ1) is 21.3. The van der Waals surface area contributed by atoms with Crippen LogP contribution < -0.4 is 9.47 Å². The number of carbonyl (C=O) groups is 1. The van der Waals surface area contributed by atoms with Crippen LogP contribution in [0.4, 0.5) is 8.78 Å². The number of aliphatic hydroxyl groups excluding tert-OH is 1. The Morgan fingerprint density at radius 2 is 1.73 bits per heavy atom. The smallest absolute Gasteiger partial charge is 0.387 e. The van der Waals surface area contributed by atoms with Crippen LogP contribution in [0, 0.1) is 5.92 Å². The zero-order valence-corrected chi connectivity index (χ0v) is 25.7. The number of nitrogens with zero attached hydrogens (tertiary/aromatic N) is 3. The van der Waals surface area contributed by atoms with Crippen LogP contribution in [-0.2, 0) is 17.7 Å². The number of pyridine rings is 1. The molecule has 5 rings (SSSR count). The molecule has 1 saturated carbocycles. The van der Waals surface area contributed by atoms with Gasteiger partial charge < -0.3 is 19.3 Å². The van der Waals surface area contributed by atoms with Crippen LogP contribution in [0.5, 0.6) is 11.5 Å². The highest BCUT2D eigenvalue weighted by molar-refractivity contribution is 6.35. The number of β-amino-alcohol motifs (C(OH)–C–C–N with tert-alkyl or cyclic N) is 1. The summed E-state index contributed by atoms with van der Waals surface area (Å²) in [5.41, 5.74) is 2.38. The number of rotatable bonds is 14. The molecule has 0 bridgehead atoms. The maximum absolute atomic E-state index is 13.6. The van der Waals surface area contributed by atoms with E-state index >= 15 is 0 Å². The van der Waals surface area contributed by atoms with Gasteiger partial charge in [-0.3, -0.25) is 14.8 Å². The predicted molar refractivity (Wildman–Crippen MR) is 163 cm³/mol. The normalized spacial score (nSPS) is 16.6. The third kappa shape index (κ3) is 9.01. The van der Waals surface area contributed by atoms with Crippen LogP contribution in [0.1, 0.15) is 46.0 Å². The van der Waals surface area contributed by atoms with Crippen LogP contribution in [0.3, 0.4) is 0 Å². The molecule has 2 aromatic carbocycles. The zero-order chi connectivity index (χ0) is 31.1. The molecule has 12 heteroatoms. The molecule has 1 aromatic heterocycles. The Hall–Kier alpha value is -3.02. The van der Waals surface area contributed by atoms with Crippen molar-refractivity contribution in [3.63, 3.8) is 0 Å². The highest BCUT2D eigenvalue weighted by atomic mass is 35.5. The summed E-state index contributed by atoms with van der Waals surface area (Å²) in [5, 5.41) is 9.81. The molecule has 0 unspecified atom stereocenters. The molecule has 2 heterocycles. The summed E-state index contributed by atoms with van der Waals surface area (Å²) in [4.78, 5) is 22.1. The van der Waals surface area contributed by atoms with Crippen molar-refractivity contribution in [1.82, 2.24) is 14.8 Å². The molecule has 1 aliphatic heterocycles. The summed E-state index contributed by atoms with van der Waals surface area (Å²) in [6.07, 6.45) is 4.18. The molecule has 0 radical (unpaired) electrons. The van der Waals surface area contributed by atoms with Gasteiger partial charge in [0.2, 0.25) is 0 Å². The van der Waals surface area contributed by atoms with Gasteiger partial charge in [-0.1, -0.05) is 41.4 Å². The Kier molecular flexibility index (Phi) is 11.3. The maximum Gasteiger partial charge on any atom is 0.387 e. The minimum atomic E-state index is -3.02. The number of alkyl halides is 2. The Labute approximate surface area is 265 Å². The Balaban J connectivity index is 1.37. The summed E-state index contributed by atoms with van der Waals surface area (Å²) in [6.45, 7) is 2.31. The lowest BCUT2D eigenvalue weighted by Gasteiger charge is -2.34. The van der Waals surface area contributed by atoms with Gasteiger partial charge in [-0.05, 0) is 59.7 Å². The van der Waals surface area contributed by atoms with Crippen molar-refractivity contribution in [3.8, 4) is 11.5 Å². The standard InChI is InChI=1S/C32H35Cl2F2N3O5/c33-26-17-37-18-27(34)25(26)16-29(23-6-7-28(44-32(35)36)30(15-23)42-20-21-4-5-21)43-31(41)24-3-1-2-22(14-24)19-39-10-8-38(9-11-39)12-13-40/h1-3,6-7,14-15,17-18,21,29,32,40H,4-5,8-13,16,19-20H2/t29-/m0/s1. The van der Waals surface area contributed by atoms with Gasteiger partial charge in [0.15, 0.2) is 11.5 Å². The molecule has 1 atom stereocenters. The van der Waals surface area contributed by atoms with E-state index in [1.165, 1.54) is 18.5 Å². The molecule has 44 heavy (non-hydrogen) atoms. The number of carbonyl (C=O) groups excluding carboxylic acids is 1. The zero-order valence-electron chi connectivity index (χ0n) is 24.1. The number of esters is 1. The summed E-state index contributed by atoms with van der Waals surface area (Å²) in [5.74, 6) is -0.139. The largest absolute Gasteiger partial charge is 0.489 e. The second-order valence-electron chi connectivity index (χ2n) is 11.1. The van der Waals surface area contributed by atoms with Gasteiger partial charge in [0.05, 0.1) is 28.8 Å². The van der Waals surface area contributed by atoms with Crippen LogP contribution in [0.25, 0.3) is 0 Å². The van der Waals surface area contributed by atoms with Crippen molar-refractivity contribution in [2.24, 2.45) is 5.92 Å². The molecule has 2 fully saturated rings. The Morgan fingerprint density at radius 1 is 1.00 bits per heavy atom. The average Bonchev–Trinajstić information content (AvgIpc) is 3.84. The van der Waals surface area contributed by atoms with E-state index in [9.17, 15) is 18.7 Å². The van der Waals surface area contributed by atoms with Crippen LogP contribution in [-0.4, -0.2) is 78.4 Å². The highest BCUT2D eigenvalue weighted by Gasteiger charge is 2.26. The summed E-state index contributed by atoms with van der Waals surface area (Å²) in [7, 11) is 0. The summed E-state index contributed by atoms with van der Waals surface area (Å²) >= 11 is 12.8. The van der Waals surface area contributed by atoms with Crippen LogP contribution in [0.2, 0.25) is 10.0 Å². The molecule has 3 aromatic rings. The van der Waals surface area contributed by atoms with Crippen molar-refractivity contribution >= 4 is 29.2 Å². The number of benzene rings is 2. The Morgan fingerprint density at radius 3 is 2.41 bits per heavy atom. The van der Waals surface area contributed by atoms with Crippen LogP contribution in [0.15, 0.2) is 54.9 Å². The maximum atomic E-state index is 13.6. The van der Waals surface area contributed by atoms with Crippen molar-refractivity contribution in [3.05, 3.63) is 87.2 Å². The molecule has 2 aliphatic rings. The van der Waals surface area contributed by atoms with E-state index in [4.69, 9.17) is 37.4 Å². The summed E-state index contributed by atoms with van der Waals surface area (Å²) < 4.78 is 42.9. The fourth-order valence-electron chi connectivity index (χ4n) is 5.13. The van der Waals surface area contributed by atoms with Crippen molar-refractivity contribution in [2.45, 2.75) is 38.5 Å². The third-order valence-electron chi connectivity index (χ3n) is 7.77. The average molecular weight is 651 g/mol. The topological polar surface area (TPSA) is 84.4 Å².